The van der Waals surface area contributed by atoms with Crippen LogP contribution >= 0.6 is 11.8 Å². The number of Topliss-reactive ketones (excluding diaryl/α,β-unsaturated/α-hetero) is 1. The Morgan fingerprint density at radius 2 is 1.86 bits per heavy atom. The van der Waals surface area contributed by atoms with Gasteiger partial charge in [-0.25, -0.2) is 0 Å². The number of ether oxygens (including phenoxy) is 1. The zero-order chi connectivity index (χ0) is 19.3. The van der Waals surface area contributed by atoms with Crippen molar-refractivity contribution >= 4 is 17.5 Å². The highest BCUT2D eigenvalue weighted by molar-refractivity contribution is 7.99. The maximum Gasteiger partial charge on any atom is 0.191 e. The molecule has 1 aliphatic rings. The Kier molecular flexibility index (Phi) is 5.76. The molecule has 144 valence electrons. The van der Waals surface area contributed by atoms with E-state index >= 15 is 0 Å². The molecule has 4 rings (SSSR count). The average molecular weight is 394 g/mol. The first-order valence-corrected chi connectivity index (χ1v) is 10.5. The molecule has 6 heteroatoms. The second-order valence-electron chi connectivity index (χ2n) is 6.96. The quantitative estimate of drug-likeness (QED) is 0.444. The molecule has 0 radical (unpaired) electrons. The van der Waals surface area contributed by atoms with E-state index in [9.17, 15) is 4.79 Å². The van der Waals surface area contributed by atoms with Crippen molar-refractivity contribution in [2.24, 2.45) is 7.05 Å². The number of nitrogens with zero attached hydrogens (tertiary/aromatic N) is 3. The predicted octanol–water partition coefficient (Wildman–Crippen LogP) is 4.25. The largest absolute Gasteiger partial charge is 0.486 e. The minimum absolute atomic E-state index is 0.0838. The molecule has 0 spiro atoms. The molecule has 0 saturated heterocycles. The first-order chi connectivity index (χ1) is 13.7. The Morgan fingerprint density at radius 1 is 1.07 bits per heavy atom. The van der Waals surface area contributed by atoms with E-state index in [2.05, 4.69) is 22.3 Å². The van der Waals surface area contributed by atoms with Crippen LogP contribution in [0.25, 0.3) is 0 Å². The van der Waals surface area contributed by atoms with Crippen molar-refractivity contribution in [3.63, 3.8) is 0 Å². The van der Waals surface area contributed by atoms with Gasteiger partial charge in [0.05, 0.1) is 5.75 Å². The number of aromatic nitrogens is 3. The van der Waals surface area contributed by atoms with Crippen LogP contribution in [0.2, 0.25) is 0 Å². The van der Waals surface area contributed by atoms with Gasteiger partial charge in [-0.15, -0.1) is 10.2 Å². The first-order valence-electron chi connectivity index (χ1n) is 9.54. The van der Waals surface area contributed by atoms with Gasteiger partial charge in [-0.2, -0.15) is 0 Å². The fraction of sp³-hybridized carbons (Fsp3) is 0.318. The van der Waals surface area contributed by atoms with Crippen LogP contribution in [0.3, 0.4) is 0 Å². The summed E-state index contributed by atoms with van der Waals surface area (Å²) in [6, 6.07) is 15.7. The molecule has 5 nitrogen and oxygen atoms in total. The monoisotopic (exact) mass is 393 g/mol. The molecular formula is C22H23N3O2S. The molecular weight excluding hydrogens is 370 g/mol. The number of hydrogen-bond acceptors (Lipinski definition) is 5. The molecule has 1 heterocycles. The molecule has 28 heavy (non-hydrogen) atoms. The van der Waals surface area contributed by atoms with Gasteiger partial charge in [0, 0.05) is 12.6 Å². The van der Waals surface area contributed by atoms with Crippen molar-refractivity contribution in [3.05, 3.63) is 71.0 Å². The van der Waals surface area contributed by atoms with Crippen LogP contribution in [0.4, 0.5) is 0 Å². The molecule has 0 amide bonds. The number of benzene rings is 2. The lowest BCUT2D eigenvalue weighted by Gasteiger charge is -2.16. The molecule has 0 bridgehead atoms. The summed E-state index contributed by atoms with van der Waals surface area (Å²) in [4.78, 5) is 12.3. The second-order valence-corrected chi connectivity index (χ2v) is 7.90. The molecule has 0 atom stereocenters. The number of carbonyl (C=O) groups excluding carboxylic acids is 1. The number of fused-ring (bicyclic) bond motifs is 1. The fourth-order valence-electron chi connectivity index (χ4n) is 3.38. The van der Waals surface area contributed by atoms with Crippen molar-refractivity contribution in [3.8, 4) is 5.75 Å². The van der Waals surface area contributed by atoms with E-state index in [-0.39, 0.29) is 5.78 Å². The number of aryl methyl sites for hydroxylation is 2. The van der Waals surface area contributed by atoms with Crippen molar-refractivity contribution < 1.29 is 9.53 Å². The Hall–Kier alpha value is -2.60. The summed E-state index contributed by atoms with van der Waals surface area (Å²) in [7, 11) is 1.90. The van der Waals surface area contributed by atoms with E-state index in [1.54, 1.807) is 0 Å². The number of hydrogen-bond donors (Lipinski definition) is 0. The Morgan fingerprint density at radius 3 is 2.68 bits per heavy atom. The van der Waals surface area contributed by atoms with Gasteiger partial charge in [0.1, 0.15) is 12.4 Å². The summed E-state index contributed by atoms with van der Waals surface area (Å²) in [5.41, 5.74) is 3.56. The van der Waals surface area contributed by atoms with E-state index in [4.69, 9.17) is 4.74 Å². The van der Waals surface area contributed by atoms with Crippen LogP contribution in [0.5, 0.6) is 5.75 Å². The number of ketones is 1. The van der Waals surface area contributed by atoms with E-state index in [0.717, 1.165) is 18.0 Å². The lowest BCUT2D eigenvalue weighted by Crippen LogP contribution is -2.07. The van der Waals surface area contributed by atoms with Crippen molar-refractivity contribution in [1.29, 1.82) is 0 Å². The fourth-order valence-corrected chi connectivity index (χ4v) is 4.21. The molecule has 0 aliphatic heterocycles. The smallest absolute Gasteiger partial charge is 0.191 e. The minimum Gasteiger partial charge on any atom is -0.486 e. The van der Waals surface area contributed by atoms with Gasteiger partial charge < -0.3 is 9.30 Å². The first kappa shape index (κ1) is 18.7. The van der Waals surface area contributed by atoms with Crippen molar-refractivity contribution in [2.75, 3.05) is 5.75 Å². The van der Waals surface area contributed by atoms with E-state index in [1.165, 1.54) is 42.2 Å². The van der Waals surface area contributed by atoms with E-state index in [0.29, 0.717) is 23.1 Å². The van der Waals surface area contributed by atoms with Gasteiger partial charge in [0.25, 0.3) is 0 Å². The van der Waals surface area contributed by atoms with Crippen LogP contribution in [-0.4, -0.2) is 26.3 Å². The second kappa shape index (κ2) is 8.61. The zero-order valence-electron chi connectivity index (χ0n) is 15.9. The molecule has 3 aromatic rings. The van der Waals surface area contributed by atoms with Crippen molar-refractivity contribution in [1.82, 2.24) is 14.8 Å². The van der Waals surface area contributed by atoms with Crippen LogP contribution in [0.1, 0.15) is 40.2 Å². The van der Waals surface area contributed by atoms with Gasteiger partial charge in [-0.1, -0.05) is 48.2 Å². The number of thioether (sulfide) groups is 1. The highest BCUT2D eigenvalue weighted by Crippen LogP contribution is 2.26. The third kappa shape index (κ3) is 4.28. The normalized spacial score (nSPS) is 13.2. The Labute approximate surface area is 169 Å². The molecule has 0 N–H and O–H groups in total. The van der Waals surface area contributed by atoms with Gasteiger partial charge in [-0.3, -0.25) is 4.79 Å². The summed E-state index contributed by atoms with van der Waals surface area (Å²) < 4.78 is 7.84. The maximum absolute atomic E-state index is 12.3. The number of carbonyl (C=O) groups is 1. The Bertz CT molecular complexity index is 969. The Balaban J connectivity index is 1.35. The van der Waals surface area contributed by atoms with Crippen LogP contribution in [0.15, 0.2) is 53.7 Å². The molecule has 1 aromatic heterocycles. The molecule has 0 unspecified atom stereocenters. The summed E-state index contributed by atoms with van der Waals surface area (Å²) in [6.45, 7) is 0.357. The van der Waals surface area contributed by atoms with Crippen LogP contribution < -0.4 is 4.74 Å². The summed E-state index contributed by atoms with van der Waals surface area (Å²) in [6.07, 6.45) is 4.83. The highest BCUT2D eigenvalue weighted by Gasteiger charge is 2.14. The maximum atomic E-state index is 12.3. The molecule has 2 aromatic carbocycles. The lowest BCUT2D eigenvalue weighted by molar-refractivity contribution is 0.102. The summed E-state index contributed by atoms with van der Waals surface area (Å²) in [5.74, 6) is 2.03. The molecule has 0 saturated carbocycles. The van der Waals surface area contributed by atoms with Crippen LogP contribution in [-0.2, 0) is 26.5 Å². The number of rotatable bonds is 7. The standard InChI is InChI=1S/C22H23N3O2S/c1-25-21(14-27-19-12-11-16-7-5-6-10-18(16)13-19)23-24-22(25)28-15-20(26)17-8-3-2-4-9-17/h2-4,8-9,11-13H,5-7,10,14-15H2,1H3. The molecule has 0 fully saturated rings. The summed E-state index contributed by atoms with van der Waals surface area (Å²) >= 11 is 1.40. The SMILES string of the molecule is Cn1c(COc2ccc3c(c2)CCCC3)nnc1SCC(=O)c1ccccc1. The average Bonchev–Trinajstić information content (AvgIpc) is 3.10. The lowest BCUT2D eigenvalue weighted by atomic mass is 9.92. The summed E-state index contributed by atoms with van der Waals surface area (Å²) in [5, 5.41) is 9.15. The zero-order valence-corrected chi connectivity index (χ0v) is 16.7. The molecule has 1 aliphatic carbocycles. The van der Waals surface area contributed by atoms with E-state index < -0.39 is 0 Å². The van der Waals surface area contributed by atoms with Gasteiger partial charge >= 0.3 is 0 Å². The minimum atomic E-state index is 0.0838. The van der Waals surface area contributed by atoms with E-state index in [1.807, 2.05) is 48.0 Å². The van der Waals surface area contributed by atoms with Gasteiger partial charge in [0.15, 0.2) is 16.8 Å². The topological polar surface area (TPSA) is 57.0 Å². The van der Waals surface area contributed by atoms with Crippen LogP contribution in [0, 0.1) is 0 Å². The third-order valence-electron chi connectivity index (χ3n) is 5.04. The third-order valence-corrected chi connectivity index (χ3v) is 6.06. The predicted molar refractivity (Wildman–Crippen MR) is 110 cm³/mol. The highest BCUT2D eigenvalue weighted by atomic mass is 32.2. The van der Waals surface area contributed by atoms with Gasteiger partial charge in [0.2, 0.25) is 0 Å². The van der Waals surface area contributed by atoms with Crippen molar-refractivity contribution in [2.45, 2.75) is 37.4 Å². The van der Waals surface area contributed by atoms with Gasteiger partial charge in [-0.05, 0) is 48.9 Å².